The molecule has 1 amide bonds. The molecule has 1 heterocycles. The maximum atomic E-state index is 11.2. The monoisotopic (exact) mass is 249 g/mol. The Morgan fingerprint density at radius 2 is 2.12 bits per heavy atom. The molecule has 1 aliphatic rings. The lowest BCUT2D eigenvalue weighted by molar-refractivity contribution is -0.118. The molecule has 6 heteroatoms. The molecule has 0 aliphatic carbocycles. The van der Waals surface area contributed by atoms with Gasteiger partial charge in [-0.05, 0) is 36.8 Å². The number of nitrogens with one attached hydrogen (secondary N) is 1. The SMILES string of the molecule is CC1S/C(=N\N=Cc2ccc(O)cc2)NC1=O. The second-order valence-electron chi connectivity index (χ2n) is 3.49. The van der Waals surface area contributed by atoms with E-state index in [2.05, 4.69) is 15.5 Å². The van der Waals surface area contributed by atoms with E-state index >= 15 is 0 Å². The topological polar surface area (TPSA) is 74.1 Å². The second-order valence-corrected chi connectivity index (χ2v) is 4.82. The highest BCUT2D eigenvalue weighted by Crippen LogP contribution is 2.18. The zero-order chi connectivity index (χ0) is 12.3. The van der Waals surface area contributed by atoms with Crippen molar-refractivity contribution in [1.29, 1.82) is 0 Å². The molecule has 0 radical (unpaired) electrons. The fourth-order valence-electron chi connectivity index (χ4n) is 1.21. The molecule has 1 atom stereocenters. The number of aromatic hydroxyl groups is 1. The molecule has 88 valence electrons. The Bertz CT molecular complexity index is 482. The number of carbonyl (C=O) groups excluding carboxylic acids is 1. The van der Waals surface area contributed by atoms with E-state index in [0.717, 1.165) is 5.56 Å². The number of hydrogen-bond acceptors (Lipinski definition) is 5. The van der Waals surface area contributed by atoms with Crippen LogP contribution in [0.5, 0.6) is 5.75 Å². The van der Waals surface area contributed by atoms with Crippen molar-refractivity contribution in [2.45, 2.75) is 12.2 Å². The van der Waals surface area contributed by atoms with Crippen LogP contribution in [0.3, 0.4) is 0 Å². The number of phenolic OH excluding ortho intramolecular Hbond substituents is 1. The van der Waals surface area contributed by atoms with Crippen molar-refractivity contribution < 1.29 is 9.90 Å². The third-order valence-corrected chi connectivity index (χ3v) is 3.11. The van der Waals surface area contributed by atoms with Gasteiger partial charge in [0.05, 0.1) is 11.5 Å². The summed E-state index contributed by atoms with van der Waals surface area (Å²) in [6.45, 7) is 1.81. The van der Waals surface area contributed by atoms with Gasteiger partial charge in [-0.15, -0.1) is 5.10 Å². The van der Waals surface area contributed by atoms with Crippen molar-refractivity contribution in [3.05, 3.63) is 29.8 Å². The smallest absolute Gasteiger partial charge is 0.239 e. The van der Waals surface area contributed by atoms with Gasteiger partial charge < -0.3 is 10.4 Å². The molecule has 0 bridgehead atoms. The van der Waals surface area contributed by atoms with E-state index in [1.54, 1.807) is 30.5 Å². The van der Waals surface area contributed by atoms with Crippen LogP contribution >= 0.6 is 11.8 Å². The van der Waals surface area contributed by atoms with Crippen LogP contribution in [0.15, 0.2) is 34.5 Å². The summed E-state index contributed by atoms with van der Waals surface area (Å²) in [6.07, 6.45) is 1.56. The molecular formula is C11H11N3O2S. The number of nitrogens with zero attached hydrogens (tertiary/aromatic N) is 2. The van der Waals surface area contributed by atoms with Crippen molar-refractivity contribution in [3.8, 4) is 5.75 Å². The van der Waals surface area contributed by atoms with E-state index in [0.29, 0.717) is 5.17 Å². The largest absolute Gasteiger partial charge is 0.508 e. The minimum atomic E-state index is -0.113. The number of amidine groups is 1. The summed E-state index contributed by atoms with van der Waals surface area (Å²) in [5, 5.41) is 19.9. The Morgan fingerprint density at radius 1 is 1.41 bits per heavy atom. The van der Waals surface area contributed by atoms with Crippen LogP contribution in [0.25, 0.3) is 0 Å². The van der Waals surface area contributed by atoms with Crippen LogP contribution < -0.4 is 5.32 Å². The van der Waals surface area contributed by atoms with E-state index in [-0.39, 0.29) is 16.9 Å². The number of benzene rings is 1. The standard InChI is InChI=1S/C11H11N3O2S/c1-7-10(16)13-11(17-7)14-12-6-8-2-4-9(15)5-3-8/h2-7,15H,1H3,(H,13,14,16). The van der Waals surface area contributed by atoms with Crippen LogP contribution in [0.2, 0.25) is 0 Å². The third kappa shape index (κ3) is 3.07. The highest BCUT2D eigenvalue weighted by Gasteiger charge is 2.25. The Kier molecular flexibility index (Phi) is 3.43. The molecule has 1 fully saturated rings. The summed E-state index contributed by atoms with van der Waals surface area (Å²) in [5.74, 6) is 0.162. The van der Waals surface area contributed by atoms with E-state index in [4.69, 9.17) is 5.11 Å². The van der Waals surface area contributed by atoms with Gasteiger partial charge in [0.15, 0.2) is 5.17 Å². The van der Waals surface area contributed by atoms with E-state index < -0.39 is 0 Å². The van der Waals surface area contributed by atoms with Gasteiger partial charge in [-0.2, -0.15) is 5.10 Å². The van der Waals surface area contributed by atoms with Crippen molar-refractivity contribution >= 4 is 29.1 Å². The Morgan fingerprint density at radius 3 is 2.71 bits per heavy atom. The Balaban J connectivity index is 2.00. The maximum absolute atomic E-state index is 11.2. The number of rotatable bonds is 2. The molecule has 0 spiro atoms. The molecule has 0 aromatic heterocycles. The predicted molar refractivity (Wildman–Crippen MR) is 68.3 cm³/mol. The van der Waals surface area contributed by atoms with Crippen molar-refractivity contribution in [2.75, 3.05) is 0 Å². The van der Waals surface area contributed by atoms with Crippen LogP contribution in [0.1, 0.15) is 12.5 Å². The Hall–Kier alpha value is -1.82. The van der Waals surface area contributed by atoms with Crippen LogP contribution in [0, 0.1) is 0 Å². The minimum Gasteiger partial charge on any atom is -0.508 e. The predicted octanol–water partition coefficient (Wildman–Crippen LogP) is 1.33. The fraction of sp³-hybridized carbons (Fsp3) is 0.182. The first-order chi connectivity index (χ1) is 8.15. The minimum absolute atomic E-state index is 0.0476. The van der Waals surface area contributed by atoms with Crippen molar-refractivity contribution in [1.82, 2.24) is 5.32 Å². The van der Waals surface area contributed by atoms with Crippen LogP contribution in [0.4, 0.5) is 0 Å². The van der Waals surface area contributed by atoms with E-state index in [9.17, 15) is 4.79 Å². The number of phenols is 1. The number of carbonyl (C=O) groups is 1. The van der Waals surface area contributed by atoms with Gasteiger partial charge in [0, 0.05) is 0 Å². The van der Waals surface area contributed by atoms with Gasteiger partial charge in [-0.3, -0.25) is 4.79 Å². The van der Waals surface area contributed by atoms with Gasteiger partial charge >= 0.3 is 0 Å². The Labute approximate surface area is 103 Å². The number of amides is 1. The molecule has 1 unspecified atom stereocenters. The van der Waals surface area contributed by atoms with Crippen LogP contribution in [-0.2, 0) is 4.79 Å². The van der Waals surface area contributed by atoms with Crippen molar-refractivity contribution in [3.63, 3.8) is 0 Å². The molecule has 2 N–H and O–H groups in total. The lowest BCUT2D eigenvalue weighted by atomic mass is 10.2. The second kappa shape index (κ2) is 5.01. The summed E-state index contributed by atoms with van der Waals surface area (Å²) in [4.78, 5) is 11.2. The first-order valence-electron chi connectivity index (χ1n) is 5.03. The third-order valence-electron chi connectivity index (χ3n) is 2.14. The van der Waals surface area contributed by atoms with Gasteiger partial charge in [0.25, 0.3) is 0 Å². The van der Waals surface area contributed by atoms with Gasteiger partial charge in [-0.1, -0.05) is 11.8 Å². The summed E-state index contributed by atoms with van der Waals surface area (Å²) in [6, 6.07) is 6.59. The molecule has 1 saturated heterocycles. The average molecular weight is 249 g/mol. The molecule has 0 saturated carbocycles. The fourth-order valence-corrected chi connectivity index (χ4v) is 1.97. The molecule has 1 aromatic carbocycles. The van der Waals surface area contributed by atoms with E-state index in [1.165, 1.54) is 11.8 Å². The summed E-state index contributed by atoms with van der Waals surface area (Å²) in [7, 11) is 0. The molecule has 1 aliphatic heterocycles. The molecular weight excluding hydrogens is 238 g/mol. The van der Waals surface area contributed by atoms with Crippen LogP contribution in [-0.4, -0.2) is 27.6 Å². The summed E-state index contributed by atoms with van der Waals surface area (Å²) in [5.41, 5.74) is 0.828. The zero-order valence-electron chi connectivity index (χ0n) is 9.12. The first-order valence-corrected chi connectivity index (χ1v) is 5.91. The average Bonchev–Trinajstić information content (AvgIpc) is 2.61. The quantitative estimate of drug-likeness (QED) is 0.613. The molecule has 5 nitrogen and oxygen atoms in total. The van der Waals surface area contributed by atoms with Gasteiger partial charge in [0.1, 0.15) is 5.75 Å². The zero-order valence-corrected chi connectivity index (χ0v) is 9.94. The number of thioether (sulfide) groups is 1. The molecule has 2 rings (SSSR count). The lowest BCUT2D eigenvalue weighted by Gasteiger charge is -1.92. The summed E-state index contributed by atoms with van der Waals surface area (Å²) < 4.78 is 0. The summed E-state index contributed by atoms with van der Waals surface area (Å²) >= 11 is 1.35. The van der Waals surface area contributed by atoms with E-state index in [1.807, 2.05) is 6.92 Å². The van der Waals surface area contributed by atoms with Gasteiger partial charge in [-0.25, -0.2) is 0 Å². The highest BCUT2D eigenvalue weighted by molar-refractivity contribution is 8.15. The van der Waals surface area contributed by atoms with Gasteiger partial charge in [0.2, 0.25) is 5.91 Å². The number of hydrogen-bond donors (Lipinski definition) is 2. The highest BCUT2D eigenvalue weighted by atomic mass is 32.2. The lowest BCUT2D eigenvalue weighted by Crippen LogP contribution is -2.23. The van der Waals surface area contributed by atoms with Crippen molar-refractivity contribution in [2.24, 2.45) is 10.2 Å². The first kappa shape index (κ1) is 11.7. The molecule has 1 aromatic rings. The maximum Gasteiger partial charge on any atom is 0.239 e. The normalized spacial score (nSPS) is 22.3. The molecule has 17 heavy (non-hydrogen) atoms.